The largest absolute Gasteiger partial charge is 0.335 e. The maximum Gasteiger partial charge on any atom is 0.227 e. The second-order valence-corrected chi connectivity index (χ2v) is 7.24. The zero-order chi connectivity index (χ0) is 13.9. The van der Waals surface area contributed by atoms with Crippen LogP contribution >= 0.6 is 15.9 Å². The summed E-state index contributed by atoms with van der Waals surface area (Å²) >= 11 is 3.58. The van der Waals surface area contributed by atoms with Gasteiger partial charge in [0.05, 0.1) is 12.0 Å². The molecule has 106 valence electrons. The lowest BCUT2D eigenvalue weighted by Crippen LogP contribution is -2.52. The number of nitrogens with zero attached hydrogens (tertiary/aromatic N) is 2. The first-order valence-electron chi connectivity index (χ1n) is 7.44. The zero-order valence-corrected chi connectivity index (χ0v) is 13.3. The van der Waals surface area contributed by atoms with Crippen LogP contribution in [0, 0.1) is 5.92 Å². The Morgan fingerprint density at radius 1 is 1.30 bits per heavy atom. The third-order valence-corrected chi connectivity index (χ3v) is 5.85. The Hall–Kier alpha value is -0.870. The Morgan fingerprint density at radius 2 is 2.15 bits per heavy atom. The van der Waals surface area contributed by atoms with Gasteiger partial charge < -0.3 is 9.80 Å². The van der Waals surface area contributed by atoms with E-state index < -0.39 is 0 Å². The molecule has 3 atom stereocenters. The van der Waals surface area contributed by atoms with Crippen molar-refractivity contribution in [2.24, 2.45) is 5.92 Å². The van der Waals surface area contributed by atoms with Gasteiger partial charge in [0, 0.05) is 17.1 Å². The summed E-state index contributed by atoms with van der Waals surface area (Å²) in [7, 11) is 2.16. The predicted molar refractivity (Wildman–Crippen MR) is 81.4 cm³/mol. The molecular formula is C16H19BrN2O. The van der Waals surface area contributed by atoms with Crippen molar-refractivity contribution in [3.63, 3.8) is 0 Å². The van der Waals surface area contributed by atoms with Gasteiger partial charge in [-0.05, 0) is 56.1 Å². The first-order chi connectivity index (χ1) is 9.65. The fourth-order valence-electron chi connectivity index (χ4n) is 4.27. The van der Waals surface area contributed by atoms with E-state index in [0.29, 0.717) is 11.9 Å². The van der Waals surface area contributed by atoms with Crippen molar-refractivity contribution in [2.75, 3.05) is 20.1 Å². The first kappa shape index (κ1) is 12.8. The van der Waals surface area contributed by atoms with Crippen molar-refractivity contribution in [3.8, 4) is 0 Å². The summed E-state index contributed by atoms with van der Waals surface area (Å²) in [5, 5.41) is 0. The summed E-state index contributed by atoms with van der Waals surface area (Å²) in [6.07, 6.45) is 3.13. The Morgan fingerprint density at radius 3 is 3.00 bits per heavy atom. The molecule has 4 heteroatoms. The molecule has 0 bridgehead atoms. The highest BCUT2D eigenvalue weighted by Crippen LogP contribution is 2.44. The number of amides is 1. The molecule has 20 heavy (non-hydrogen) atoms. The molecular weight excluding hydrogens is 316 g/mol. The summed E-state index contributed by atoms with van der Waals surface area (Å²) in [6.45, 7) is 1.96. The van der Waals surface area contributed by atoms with Crippen molar-refractivity contribution >= 4 is 21.8 Å². The van der Waals surface area contributed by atoms with E-state index in [1.54, 1.807) is 0 Å². The molecule has 3 aliphatic heterocycles. The summed E-state index contributed by atoms with van der Waals surface area (Å²) in [5.74, 6) is 0.631. The van der Waals surface area contributed by atoms with Gasteiger partial charge in [0.1, 0.15) is 0 Å². The van der Waals surface area contributed by atoms with Crippen LogP contribution in [0.4, 0.5) is 0 Å². The van der Waals surface area contributed by atoms with Crippen molar-refractivity contribution in [1.29, 1.82) is 0 Å². The number of hydrogen-bond acceptors (Lipinski definition) is 2. The second kappa shape index (κ2) is 4.57. The molecule has 0 aliphatic carbocycles. The fourth-order valence-corrected chi connectivity index (χ4v) is 4.65. The Kier molecular flexibility index (Phi) is 2.93. The number of fused-ring (bicyclic) bond motifs is 4. The fraction of sp³-hybridized carbons (Fsp3) is 0.562. The van der Waals surface area contributed by atoms with Crippen molar-refractivity contribution in [1.82, 2.24) is 9.80 Å². The van der Waals surface area contributed by atoms with Crippen LogP contribution in [0.1, 0.15) is 30.0 Å². The number of benzene rings is 1. The van der Waals surface area contributed by atoms with E-state index in [2.05, 4.69) is 51.0 Å². The van der Waals surface area contributed by atoms with Crippen LogP contribution < -0.4 is 0 Å². The molecule has 0 spiro atoms. The standard InChI is InChI=1S/C16H19BrN2O/c1-18-6-5-12-14(18)9-15-13-8-11(17)3-2-10(13)4-7-19(15)16(12)20/h2-3,8,12,14-15H,4-7,9H2,1H3/t12-,14-,15-/m0/s1. The number of likely N-dealkylation sites (tertiary alicyclic amines) is 1. The van der Waals surface area contributed by atoms with Gasteiger partial charge in [-0.1, -0.05) is 22.0 Å². The minimum atomic E-state index is 0.241. The topological polar surface area (TPSA) is 23.6 Å². The van der Waals surface area contributed by atoms with Gasteiger partial charge in [-0.25, -0.2) is 0 Å². The van der Waals surface area contributed by atoms with Crippen LogP contribution in [0.15, 0.2) is 22.7 Å². The third kappa shape index (κ3) is 1.77. The number of piperidine rings is 1. The molecule has 3 aliphatic rings. The number of halogens is 1. The average Bonchev–Trinajstić information content (AvgIpc) is 2.81. The lowest BCUT2D eigenvalue weighted by atomic mass is 9.80. The van der Waals surface area contributed by atoms with E-state index in [4.69, 9.17) is 0 Å². The van der Waals surface area contributed by atoms with E-state index in [1.807, 2.05) is 0 Å². The highest BCUT2D eigenvalue weighted by molar-refractivity contribution is 9.10. The molecule has 3 heterocycles. The van der Waals surface area contributed by atoms with Crippen LogP contribution in [0.5, 0.6) is 0 Å². The van der Waals surface area contributed by atoms with Gasteiger partial charge in [-0.3, -0.25) is 4.79 Å². The van der Waals surface area contributed by atoms with Crippen LogP contribution in [0.2, 0.25) is 0 Å². The average molecular weight is 335 g/mol. The molecule has 0 N–H and O–H groups in total. The van der Waals surface area contributed by atoms with Crippen LogP contribution in [0.25, 0.3) is 0 Å². The maximum atomic E-state index is 12.8. The number of carbonyl (C=O) groups is 1. The van der Waals surface area contributed by atoms with Gasteiger partial charge in [0.15, 0.2) is 0 Å². The summed E-state index contributed by atoms with van der Waals surface area (Å²) in [5.41, 5.74) is 2.78. The van der Waals surface area contributed by atoms with Crippen molar-refractivity contribution < 1.29 is 4.79 Å². The molecule has 0 saturated carbocycles. The molecule has 0 unspecified atom stereocenters. The van der Waals surface area contributed by atoms with E-state index in [9.17, 15) is 4.79 Å². The van der Waals surface area contributed by atoms with Gasteiger partial charge in [-0.15, -0.1) is 0 Å². The van der Waals surface area contributed by atoms with E-state index in [1.165, 1.54) is 11.1 Å². The van der Waals surface area contributed by atoms with E-state index >= 15 is 0 Å². The Bertz CT molecular complexity index is 574. The third-order valence-electron chi connectivity index (χ3n) is 5.35. The van der Waals surface area contributed by atoms with Crippen molar-refractivity contribution in [3.05, 3.63) is 33.8 Å². The molecule has 1 amide bonds. The molecule has 0 radical (unpaired) electrons. The normalized spacial score (nSPS) is 32.8. The van der Waals surface area contributed by atoms with Gasteiger partial charge in [0.2, 0.25) is 5.91 Å². The molecule has 2 fully saturated rings. The molecule has 1 aromatic carbocycles. The van der Waals surface area contributed by atoms with Gasteiger partial charge >= 0.3 is 0 Å². The molecule has 3 nitrogen and oxygen atoms in total. The Labute approximate surface area is 128 Å². The molecule has 2 saturated heterocycles. The van der Waals surface area contributed by atoms with Gasteiger partial charge in [-0.2, -0.15) is 0 Å². The summed E-state index contributed by atoms with van der Waals surface area (Å²) < 4.78 is 1.12. The Balaban J connectivity index is 1.75. The molecule has 1 aromatic rings. The van der Waals surface area contributed by atoms with Crippen LogP contribution in [0.3, 0.4) is 0 Å². The first-order valence-corrected chi connectivity index (χ1v) is 8.23. The minimum absolute atomic E-state index is 0.241. The molecule has 0 aromatic heterocycles. The monoisotopic (exact) mass is 334 g/mol. The lowest BCUT2D eigenvalue weighted by Gasteiger charge is -2.46. The second-order valence-electron chi connectivity index (χ2n) is 6.32. The minimum Gasteiger partial charge on any atom is -0.335 e. The highest BCUT2D eigenvalue weighted by Gasteiger charge is 2.47. The van der Waals surface area contributed by atoms with Crippen LogP contribution in [-0.4, -0.2) is 41.9 Å². The zero-order valence-electron chi connectivity index (χ0n) is 11.7. The summed E-state index contributed by atoms with van der Waals surface area (Å²) in [4.78, 5) is 17.3. The lowest BCUT2D eigenvalue weighted by molar-refractivity contribution is -0.144. The predicted octanol–water partition coefficient (Wildman–Crippen LogP) is 2.60. The number of rotatable bonds is 0. The SMILES string of the molecule is CN1CC[C@@H]2C(=O)N3CCc4ccc(Br)cc4[C@@H]3C[C@@H]21. The van der Waals surface area contributed by atoms with Crippen LogP contribution in [-0.2, 0) is 11.2 Å². The van der Waals surface area contributed by atoms with Crippen molar-refractivity contribution in [2.45, 2.75) is 31.3 Å². The molecule has 4 rings (SSSR count). The van der Waals surface area contributed by atoms with E-state index in [0.717, 1.165) is 36.8 Å². The number of hydrogen-bond donors (Lipinski definition) is 0. The smallest absolute Gasteiger partial charge is 0.227 e. The van der Waals surface area contributed by atoms with Gasteiger partial charge in [0.25, 0.3) is 0 Å². The quantitative estimate of drug-likeness (QED) is 0.728. The van der Waals surface area contributed by atoms with E-state index in [-0.39, 0.29) is 12.0 Å². The highest BCUT2D eigenvalue weighted by atomic mass is 79.9. The summed E-state index contributed by atoms with van der Waals surface area (Å²) in [6, 6.07) is 7.27. The number of carbonyl (C=O) groups excluding carboxylic acids is 1. The maximum absolute atomic E-state index is 12.8.